The first-order valence-corrected chi connectivity index (χ1v) is 23.7. The van der Waals surface area contributed by atoms with Gasteiger partial charge in [0.1, 0.15) is 42.3 Å². The van der Waals surface area contributed by atoms with Crippen molar-refractivity contribution in [1.82, 2.24) is 50.8 Å². The van der Waals surface area contributed by atoms with Crippen LogP contribution in [-0.4, -0.2) is 115 Å². The van der Waals surface area contributed by atoms with E-state index in [0.717, 1.165) is 11.7 Å². The molecule has 1 fully saturated rings. The summed E-state index contributed by atoms with van der Waals surface area (Å²) in [6.07, 6.45) is 4.61. The van der Waals surface area contributed by atoms with Crippen LogP contribution in [0.2, 0.25) is 0 Å². The summed E-state index contributed by atoms with van der Waals surface area (Å²) in [6, 6.07) is 12.2. The number of nitrogens with zero attached hydrogens (tertiary/aromatic N) is 6. The zero-order valence-electron chi connectivity index (χ0n) is 40.3. The van der Waals surface area contributed by atoms with Gasteiger partial charge in [0.15, 0.2) is 5.82 Å². The predicted molar refractivity (Wildman–Crippen MR) is 260 cm³/mol. The molecule has 23 nitrogen and oxygen atoms in total. The van der Waals surface area contributed by atoms with E-state index in [4.69, 9.17) is 20.2 Å². The number of aryl methyl sites for hydroxylation is 2. The minimum absolute atomic E-state index is 0.118. The number of aliphatic hydroxyl groups is 1. The molecule has 0 bridgehead atoms. The SMILES string of the molecule is CCOCc1nc2c(NC(=O)OCc3ccc(NC(=O)[C@H](CCCNC(N)=O)NC(=O)C4(C(=O)NCCCn5cc(CCC(=O)NCCC=O)nn5)CCC4)cc3)nc3ccccc3c2n1CC(C)(C)O. The van der Waals surface area contributed by atoms with Crippen molar-refractivity contribution in [2.24, 2.45) is 11.1 Å². The van der Waals surface area contributed by atoms with Gasteiger partial charge < -0.3 is 56.3 Å². The molecule has 1 aliphatic carbocycles. The van der Waals surface area contributed by atoms with Crippen LogP contribution >= 0.6 is 0 Å². The van der Waals surface area contributed by atoms with Gasteiger partial charge in [-0.3, -0.25) is 29.2 Å². The second kappa shape index (κ2) is 24.8. The molecule has 1 atom stereocenters. The maximum absolute atomic E-state index is 13.9. The van der Waals surface area contributed by atoms with E-state index in [9.17, 15) is 38.7 Å². The highest BCUT2D eigenvalue weighted by atomic mass is 16.5. The standard InChI is InChI=1S/C48H63N13O10/c1-4-70-29-37-56-39-40(61(37)30-47(2,3)69)34-11-5-6-12-35(34)54-41(39)57-46(68)71-28-31-14-16-32(17-15-31)53-42(64)36(13-7-22-52-45(49)67)55-44(66)48(20-8-21-48)43(65)51-23-9-25-60-27-33(58-59-60)18-19-38(63)50-24-10-26-62/h5-6,11-12,14-17,26-27,36,69H,4,7-10,13,18-25,28-30H2,1-3H3,(H,50,63)(H,51,65)(H,53,64)(H,55,66)(H3,49,52,67)(H,54,57,68)/t36-/m0/s1. The molecule has 0 spiro atoms. The summed E-state index contributed by atoms with van der Waals surface area (Å²) >= 11 is 0. The van der Waals surface area contributed by atoms with E-state index in [1.165, 1.54) is 0 Å². The van der Waals surface area contributed by atoms with E-state index in [2.05, 4.69) is 47.2 Å². The number of aldehydes is 1. The molecule has 380 valence electrons. The van der Waals surface area contributed by atoms with Crippen LogP contribution in [0.3, 0.4) is 0 Å². The summed E-state index contributed by atoms with van der Waals surface area (Å²) in [5, 5.41) is 36.1. The van der Waals surface area contributed by atoms with E-state index >= 15 is 0 Å². The zero-order valence-corrected chi connectivity index (χ0v) is 40.3. The highest BCUT2D eigenvalue weighted by molar-refractivity contribution is 6.09. The molecule has 1 saturated carbocycles. The van der Waals surface area contributed by atoms with Crippen LogP contribution in [0.25, 0.3) is 21.9 Å². The molecule has 1 aliphatic rings. The Labute approximate surface area is 409 Å². The second-order valence-corrected chi connectivity index (χ2v) is 17.9. The minimum Gasteiger partial charge on any atom is -0.444 e. The number of amides is 7. The number of carbonyl (C=O) groups excluding carboxylic acids is 7. The molecule has 9 N–H and O–H groups in total. The molecule has 0 saturated heterocycles. The van der Waals surface area contributed by atoms with Crippen molar-refractivity contribution in [3.8, 4) is 0 Å². The Balaban J connectivity index is 1.03. The van der Waals surface area contributed by atoms with Gasteiger partial charge in [0.25, 0.3) is 0 Å². The Morgan fingerprint density at radius 1 is 0.930 bits per heavy atom. The molecule has 71 heavy (non-hydrogen) atoms. The third-order valence-electron chi connectivity index (χ3n) is 11.7. The Morgan fingerprint density at radius 3 is 2.39 bits per heavy atom. The number of hydrogen-bond donors (Lipinski definition) is 8. The number of para-hydroxylation sites is 1. The van der Waals surface area contributed by atoms with Crippen molar-refractivity contribution in [3.63, 3.8) is 0 Å². The topological polar surface area (TPSA) is 318 Å². The molecular formula is C48H63N13O10. The maximum atomic E-state index is 13.9. The maximum Gasteiger partial charge on any atom is 0.413 e. The van der Waals surface area contributed by atoms with Gasteiger partial charge in [0, 0.05) is 69.3 Å². The fraction of sp³-hybridized carbons (Fsp3) is 0.479. The van der Waals surface area contributed by atoms with E-state index in [1.807, 2.05) is 35.8 Å². The Bertz CT molecular complexity index is 2670. The number of hydrogen-bond acceptors (Lipinski definition) is 14. The van der Waals surface area contributed by atoms with Gasteiger partial charge >= 0.3 is 12.1 Å². The van der Waals surface area contributed by atoms with Crippen LogP contribution in [0.15, 0.2) is 54.7 Å². The van der Waals surface area contributed by atoms with E-state index < -0.39 is 46.9 Å². The lowest BCUT2D eigenvalue weighted by atomic mass is 9.67. The molecule has 0 radical (unpaired) electrons. The highest BCUT2D eigenvalue weighted by Crippen LogP contribution is 2.41. The fourth-order valence-corrected chi connectivity index (χ4v) is 7.97. The third-order valence-corrected chi connectivity index (χ3v) is 11.7. The number of nitrogens with two attached hydrogens (primary N) is 1. The number of urea groups is 1. The van der Waals surface area contributed by atoms with Gasteiger partial charge in [-0.1, -0.05) is 42.0 Å². The van der Waals surface area contributed by atoms with Gasteiger partial charge in [-0.2, -0.15) is 0 Å². The first kappa shape index (κ1) is 52.8. The lowest BCUT2D eigenvalue weighted by Crippen LogP contribution is -2.58. The van der Waals surface area contributed by atoms with Crippen LogP contribution in [0.5, 0.6) is 0 Å². The van der Waals surface area contributed by atoms with Crippen LogP contribution in [-0.2, 0) is 66.2 Å². The highest BCUT2D eigenvalue weighted by Gasteiger charge is 2.51. The number of rotatable bonds is 27. The fourth-order valence-electron chi connectivity index (χ4n) is 7.97. The van der Waals surface area contributed by atoms with E-state index in [1.54, 1.807) is 49.0 Å². The van der Waals surface area contributed by atoms with E-state index in [-0.39, 0.29) is 76.8 Å². The summed E-state index contributed by atoms with van der Waals surface area (Å²) in [6.45, 7) is 7.07. The minimum atomic E-state index is -1.37. The summed E-state index contributed by atoms with van der Waals surface area (Å²) < 4.78 is 14.8. The number of anilines is 2. The lowest BCUT2D eigenvalue weighted by molar-refractivity contribution is -0.151. The average Bonchev–Trinajstić information content (AvgIpc) is 3.93. The summed E-state index contributed by atoms with van der Waals surface area (Å²) in [5.41, 5.74) is 6.05. The molecule has 7 amide bonds. The molecule has 0 unspecified atom stereocenters. The first-order chi connectivity index (χ1) is 34.1. The number of pyridine rings is 1. The molecule has 6 rings (SSSR count). The third kappa shape index (κ3) is 14.7. The lowest BCUT2D eigenvalue weighted by Gasteiger charge is -2.39. The van der Waals surface area contributed by atoms with Crippen LogP contribution in [0, 0.1) is 5.41 Å². The van der Waals surface area contributed by atoms with Gasteiger partial charge in [-0.15, -0.1) is 5.10 Å². The number of imidazole rings is 1. The number of primary amides is 1. The zero-order chi connectivity index (χ0) is 51.0. The quantitative estimate of drug-likeness (QED) is 0.0213. The molecule has 5 aromatic rings. The van der Waals surface area contributed by atoms with Crippen molar-refractivity contribution in [2.75, 3.05) is 36.9 Å². The van der Waals surface area contributed by atoms with Crippen molar-refractivity contribution >= 4 is 75.5 Å². The van der Waals surface area contributed by atoms with Crippen LogP contribution in [0.1, 0.15) is 89.2 Å². The van der Waals surface area contributed by atoms with Crippen molar-refractivity contribution in [2.45, 2.75) is 117 Å². The molecular weight excluding hydrogens is 919 g/mol. The first-order valence-electron chi connectivity index (χ1n) is 23.7. The predicted octanol–water partition coefficient (Wildman–Crippen LogP) is 3.12. The van der Waals surface area contributed by atoms with Crippen LogP contribution < -0.4 is 37.6 Å². The van der Waals surface area contributed by atoms with Crippen LogP contribution in [0.4, 0.5) is 21.1 Å². The molecule has 2 aromatic carbocycles. The normalized spacial score (nSPS) is 13.4. The number of nitrogens with one attached hydrogen (secondary N) is 6. The number of aromatic nitrogens is 6. The van der Waals surface area contributed by atoms with Crippen molar-refractivity contribution in [3.05, 3.63) is 71.8 Å². The van der Waals surface area contributed by atoms with Gasteiger partial charge in [-0.05, 0) is 76.6 Å². The summed E-state index contributed by atoms with van der Waals surface area (Å²) in [4.78, 5) is 97.6. The van der Waals surface area contributed by atoms with E-state index in [0.29, 0.717) is 84.6 Å². The summed E-state index contributed by atoms with van der Waals surface area (Å²) in [7, 11) is 0. The van der Waals surface area contributed by atoms with Gasteiger partial charge in [-0.25, -0.2) is 19.6 Å². The monoisotopic (exact) mass is 981 g/mol. The van der Waals surface area contributed by atoms with Crippen molar-refractivity contribution < 1.29 is 48.1 Å². The van der Waals surface area contributed by atoms with Crippen molar-refractivity contribution in [1.29, 1.82) is 0 Å². The Morgan fingerprint density at radius 2 is 1.69 bits per heavy atom. The summed E-state index contributed by atoms with van der Waals surface area (Å²) in [5.74, 6) is -1.05. The smallest absolute Gasteiger partial charge is 0.413 e. The Hall–Kier alpha value is -7.53. The number of benzene rings is 2. The molecule has 3 heterocycles. The second-order valence-electron chi connectivity index (χ2n) is 17.9. The molecule has 0 aliphatic heterocycles. The number of carbonyl (C=O) groups is 7. The Kier molecular flexibility index (Phi) is 18.5. The number of fused-ring (bicyclic) bond motifs is 3. The van der Waals surface area contributed by atoms with Gasteiger partial charge in [0.05, 0.1) is 28.9 Å². The van der Waals surface area contributed by atoms with Gasteiger partial charge in [0.2, 0.25) is 23.6 Å². The molecule has 3 aromatic heterocycles. The average molecular weight is 982 g/mol. The molecule has 23 heteroatoms. The largest absolute Gasteiger partial charge is 0.444 e. The number of ether oxygens (including phenoxy) is 2.